The third kappa shape index (κ3) is 8.12. The van der Waals surface area contributed by atoms with Crippen LogP contribution >= 0.6 is 0 Å². The second kappa shape index (κ2) is 19.2. The number of hydrogen-bond donors (Lipinski definition) is 6. The Hall–Kier alpha value is -4.16. The molecule has 12 heteroatoms. The van der Waals surface area contributed by atoms with Gasteiger partial charge in [-0.1, -0.05) is 106 Å². The van der Waals surface area contributed by atoms with Crippen LogP contribution in [0.5, 0.6) is 11.5 Å². The summed E-state index contributed by atoms with van der Waals surface area (Å²) in [4.78, 5) is 59.1. The number of carboxylic acid groups (broad SMARTS) is 2. The molecule has 11 aliphatic rings. The number of ether oxygens (including phenoxy) is 2. The van der Waals surface area contributed by atoms with Gasteiger partial charge in [0.2, 0.25) is 0 Å². The van der Waals surface area contributed by atoms with Crippen LogP contribution in [0.15, 0.2) is 41.0 Å². The Kier molecular flexibility index (Phi) is 13.7. The number of allylic oxidation sites excluding steroid dienone is 2. The Labute approximate surface area is 500 Å². The maximum absolute atomic E-state index is 15.7. The van der Waals surface area contributed by atoms with Crippen LogP contribution in [0, 0.1) is 106 Å². The molecule has 0 bridgehead atoms. The number of carbonyl (C=O) groups excluding carboxylic acids is 2. The summed E-state index contributed by atoms with van der Waals surface area (Å²) in [5.41, 5.74) is -1.81. The van der Waals surface area contributed by atoms with E-state index in [1.165, 1.54) is 12.1 Å². The molecule has 17 atom stereocenters. The van der Waals surface area contributed by atoms with Crippen molar-refractivity contribution in [1.82, 2.24) is 0 Å². The summed E-state index contributed by atoms with van der Waals surface area (Å²) >= 11 is 0. The first-order valence-corrected chi connectivity index (χ1v) is 32.9. The zero-order valence-corrected chi connectivity index (χ0v) is 53.0. The zero-order valence-electron chi connectivity index (χ0n) is 53.0. The van der Waals surface area contributed by atoms with Crippen molar-refractivity contribution < 1.29 is 59.3 Å². The number of phenols is 2. The molecule has 0 heterocycles. The van der Waals surface area contributed by atoms with Gasteiger partial charge in [-0.25, -0.2) is 4.79 Å². The van der Waals surface area contributed by atoms with E-state index in [-0.39, 0.29) is 105 Å². The molecule has 0 spiro atoms. The Balaban J connectivity index is 0.914. The monoisotopic (exact) mass is 1160 g/mol. The van der Waals surface area contributed by atoms with Crippen molar-refractivity contribution in [2.24, 2.45) is 106 Å². The van der Waals surface area contributed by atoms with Gasteiger partial charge in [0, 0.05) is 10.8 Å². The number of phenolic OH excluding ortho intramolecular Hbond substituents is 2. The van der Waals surface area contributed by atoms with Crippen LogP contribution in [-0.4, -0.2) is 79.9 Å². The molecule has 1 aromatic carbocycles. The molecule has 12 rings (SSSR count). The Morgan fingerprint density at radius 3 is 1.40 bits per heavy atom. The maximum atomic E-state index is 15.7. The smallest absolute Gasteiger partial charge is 0.334 e. The van der Waals surface area contributed by atoms with E-state index in [0.717, 1.165) is 75.4 Å². The molecule has 84 heavy (non-hydrogen) atoms. The number of aliphatic carboxylic acids is 2. The summed E-state index contributed by atoms with van der Waals surface area (Å²) in [6.45, 7) is 27.6. The summed E-state index contributed by atoms with van der Waals surface area (Å²) in [6, 6.07) is 2.88. The molecule has 0 aromatic heterocycles. The van der Waals surface area contributed by atoms with Gasteiger partial charge in [0.1, 0.15) is 13.2 Å². The summed E-state index contributed by atoms with van der Waals surface area (Å²) < 4.78 is 13.9. The van der Waals surface area contributed by atoms with Crippen molar-refractivity contribution in [1.29, 1.82) is 0 Å². The lowest BCUT2D eigenvalue weighted by Gasteiger charge is -2.71. The van der Waals surface area contributed by atoms with Crippen LogP contribution < -0.4 is 0 Å². The molecular formula is C72H102O12. The van der Waals surface area contributed by atoms with Gasteiger partial charge in [0.05, 0.1) is 34.5 Å². The van der Waals surface area contributed by atoms with E-state index in [4.69, 9.17) is 9.47 Å². The molecular weight excluding hydrogens is 1060 g/mol. The second-order valence-corrected chi connectivity index (χ2v) is 34.2. The van der Waals surface area contributed by atoms with Gasteiger partial charge < -0.3 is 40.1 Å². The van der Waals surface area contributed by atoms with Gasteiger partial charge in [-0.05, 0) is 243 Å². The molecule has 0 amide bonds. The van der Waals surface area contributed by atoms with E-state index in [1.54, 1.807) is 6.08 Å². The second-order valence-electron chi connectivity index (χ2n) is 34.2. The van der Waals surface area contributed by atoms with Crippen LogP contribution in [0.1, 0.15) is 223 Å². The van der Waals surface area contributed by atoms with Crippen molar-refractivity contribution in [3.8, 4) is 11.5 Å². The van der Waals surface area contributed by atoms with Gasteiger partial charge in [0.15, 0.2) is 11.5 Å². The van der Waals surface area contributed by atoms with Crippen molar-refractivity contribution in [3.05, 3.63) is 52.1 Å². The standard InChI is InChI=1S/C72H102O12/c1-61(2)25-27-69(59(79)80)29-31-71(45(47(69)37-61)13-15-53-65(9)21-19-55(75)63(5,6)51(65)17-23-67(53,71)11)39-83-57(77)43-33-41-35-49(73)50(74)36-42(41)34-44(43)58(78)84-40-72-32-30-70(60(81)82)28-26-62(3,4)38-48(70)46(72)14-16-54-66(10)22-20-56(76)64(7,8)52(66)18-24-68(54,72)12/h13-14,33,35-36,44,47-48,51-56,73-76H,15-32,34,37-40H2,1-12H3,(H,79,80)(H,81,82)/t44-,47?,48?,51+,52+,53-,54-,55+,56+,65+,66+,67-,68-,69+,70+,71+,72+/m1/s1. The normalized spacial score (nSPS) is 45.4. The zero-order chi connectivity index (χ0) is 60.8. The van der Waals surface area contributed by atoms with E-state index in [9.17, 15) is 40.2 Å². The highest BCUT2D eigenvalue weighted by Crippen LogP contribution is 2.78. The van der Waals surface area contributed by atoms with E-state index < -0.39 is 74.5 Å². The van der Waals surface area contributed by atoms with Crippen LogP contribution in [0.3, 0.4) is 0 Å². The first kappa shape index (κ1) is 60.1. The average Bonchev–Trinajstić information content (AvgIpc) is 0.833. The lowest BCUT2D eigenvalue weighted by Crippen LogP contribution is -2.66. The van der Waals surface area contributed by atoms with Gasteiger partial charge in [-0.2, -0.15) is 0 Å². The van der Waals surface area contributed by atoms with E-state index in [2.05, 4.69) is 95.2 Å². The molecule has 0 saturated heterocycles. The Morgan fingerprint density at radius 2 is 0.952 bits per heavy atom. The lowest BCUT2D eigenvalue weighted by molar-refractivity contribution is -0.218. The number of carboxylic acids is 2. The van der Waals surface area contributed by atoms with Gasteiger partial charge in [-0.3, -0.25) is 14.4 Å². The third-order valence-corrected chi connectivity index (χ3v) is 29.2. The number of fused-ring (bicyclic) bond motifs is 15. The molecule has 1 aromatic rings. The highest BCUT2D eigenvalue weighted by Gasteiger charge is 2.73. The Bertz CT molecular complexity index is 3030. The van der Waals surface area contributed by atoms with E-state index >= 15 is 9.59 Å². The SMILES string of the molecule is CC1(C)CC[C@]2(C(=O)O)CC[C@]3(COC(=O)C4=Cc5cc(O)c(O)cc5C[C@H]4C(=O)OC[C@@]45CC[C@@]6(C(=O)O)CCC(C)(C)CC6C4=CC[C@@H]4[C@@]6(C)CC[C@H](O)C(C)(C)[C@@H]6CC[C@]45C)C(=CC[C@@H]4[C@@]5(C)CC[C@H](O)C(C)(C)[C@@H]5CC[C@]43C)C2C1. The molecule has 8 fully saturated rings. The predicted molar refractivity (Wildman–Crippen MR) is 321 cm³/mol. The minimum absolute atomic E-state index is 0.00435. The first-order chi connectivity index (χ1) is 39.0. The largest absolute Gasteiger partial charge is 0.504 e. The summed E-state index contributed by atoms with van der Waals surface area (Å²) in [5.74, 6) is -4.26. The topological polar surface area (TPSA) is 208 Å². The van der Waals surface area contributed by atoms with Gasteiger partial charge in [-0.15, -0.1) is 0 Å². The van der Waals surface area contributed by atoms with Crippen molar-refractivity contribution >= 4 is 30.0 Å². The molecule has 6 N–H and O–H groups in total. The van der Waals surface area contributed by atoms with E-state index in [0.29, 0.717) is 75.3 Å². The minimum Gasteiger partial charge on any atom is -0.504 e. The molecule has 2 unspecified atom stereocenters. The van der Waals surface area contributed by atoms with Gasteiger partial charge >= 0.3 is 23.9 Å². The molecule has 462 valence electrons. The number of aromatic hydroxyl groups is 2. The van der Waals surface area contributed by atoms with Crippen molar-refractivity contribution in [2.75, 3.05) is 13.2 Å². The lowest BCUT2D eigenvalue weighted by atomic mass is 9.33. The minimum atomic E-state index is -1.15. The molecule has 0 aliphatic heterocycles. The van der Waals surface area contributed by atoms with Gasteiger partial charge in [0.25, 0.3) is 0 Å². The van der Waals surface area contributed by atoms with Crippen LogP contribution in [-0.2, 0) is 35.1 Å². The highest BCUT2D eigenvalue weighted by atomic mass is 16.5. The third-order valence-electron chi connectivity index (χ3n) is 29.2. The van der Waals surface area contributed by atoms with Crippen LogP contribution in [0.25, 0.3) is 6.08 Å². The number of rotatable bonds is 8. The molecule has 12 nitrogen and oxygen atoms in total. The molecule has 8 saturated carbocycles. The quantitative estimate of drug-likeness (QED) is 0.0816. The average molecular weight is 1160 g/mol. The maximum Gasteiger partial charge on any atom is 0.334 e. The summed E-state index contributed by atoms with van der Waals surface area (Å²) in [5, 5.41) is 67.5. The van der Waals surface area contributed by atoms with Crippen molar-refractivity contribution in [2.45, 2.75) is 230 Å². The van der Waals surface area contributed by atoms with Crippen molar-refractivity contribution in [3.63, 3.8) is 0 Å². The first-order valence-electron chi connectivity index (χ1n) is 32.9. The predicted octanol–water partition coefficient (Wildman–Crippen LogP) is 14.2. The summed E-state index contributed by atoms with van der Waals surface area (Å²) in [7, 11) is 0. The fourth-order valence-electron chi connectivity index (χ4n) is 24.0. The summed E-state index contributed by atoms with van der Waals surface area (Å²) in [6.07, 6.45) is 19.9. The molecule has 0 radical (unpaired) electrons. The number of hydrogen-bond acceptors (Lipinski definition) is 10. The number of carbonyl (C=O) groups is 4. The number of esters is 2. The van der Waals surface area contributed by atoms with Crippen LogP contribution in [0.2, 0.25) is 0 Å². The fourth-order valence-corrected chi connectivity index (χ4v) is 24.0. The number of aliphatic hydroxyl groups is 2. The fraction of sp³-hybridized carbons (Fsp3) is 0.778. The van der Waals surface area contributed by atoms with E-state index in [1.807, 2.05) is 0 Å². The number of aliphatic hydroxyl groups excluding tert-OH is 2. The van der Waals surface area contributed by atoms with Crippen LogP contribution in [0.4, 0.5) is 0 Å². The highest BCUT2D eigenvalue weighted by molar-refractivity contribution is 6.01. The molecule has 11 aliphatic carbocycles. The Morgan fingerprint density at radius 1 is 0.524 bits per heavy atom. The number of benzene rings is 1.